The molecule has 0 aromatic rings. The van der Waals surface area contributed by atoms with Gasteiger partial charge in [0.05, 0.1) is 0 Å². The summed E-state index contributed by atoms with van der Waals surface area (Å²) >= 11 is 0. The summed E-state index contributed by atoms with van der Waals surface area (Å²) in [6, 6.07) is 0. The minimum Gasteiger partial charge on any atom is -0.810 e. The van der Waals surface area contributed by atoms with E-state index in [9.17, 15) is 57.4 Å². The summed E-state index contributed by atoms with van der Waals surface area (Å²) in [6.45, 7) is 3.99. The Kier molecular flexibility index (Phi) is 21.7. The molecule has 12 nitrogen and oxygen atoms in total. The van der Waals surface area contributed by atoms with Crippen LogP contribution >= 0.6 is 30.4 Å². The van der Waals surface area contributed by atoms with Crippen molar-refractivity contribution in [1.29, 1.82) is 0 Å². The summed E-state index contributed by atoms with van der Waals surface area (Å²) in [5.41, 5.74) is 0. The molecule has 0 aromatic heterocycles. The van der Waals surface area contributed by atoms with Crippen LogP contribution in [0.2, 0.25) is 0 Å². The molecule has 0 aromatic carbocycles. The Labute approximate surface area is 208 Å². The normalized spacial score (nSPS) is 13.0. The van der Waals surface area contributed by atoms with Crippen molar-refractivity contribution >= 4 is 30.4 Å². The summed E-state index contributed by atoms with van der Waals surface area (Å²) < 4.78 is 42.4. The minimum atomic E-state index is -5.34. The van der Waals surface area contributed by atoms with Crippen LogP contribution in [0.4, 0.5) is 0 Å². The van der Waals surface area contributed by atoms with E-state index in [1.54, 1.807) is 0 Å². The maximum Gasteiger partial charge on any atom is 2.00 e. The fourth-order valence-electron chi connectivity index (χ4n) is 2.84. The van der Waals surface area contributed by atoms with Crippen molar-refractivity contribution in [1.82, 2.24) is 0 Å². The molecule has 17 heteroatoms. The quantitative estimate of drug-likeness (QED) is 0.117. The number of rotatable bonds is 16. The first-order valence-electron chi connectivity index (χ1n) is 10.5. The fraction of sp³-hybridized carbons (Fsp3) is 1.00. The van der Waals surface area contributed by atoms with Gasteiger partial charge < -0.3 is 57.4 Å². The van der Waals surface area contributed by atoms with Crippen LogP contribution in [0.1, 0.15) is 90.9 Å². The zero-order valence-corrected chi connectivity index (χ0v) is 25.6. The molecule has 196 valence electrons. The van der Waals surface area contributed by atoms with E-state index < -0.39 is 41.2 Å². The molecule has 0 radical (unpaired) electrons. The summed E-state index contributed by atoms with van der Waals surface area (Å²) in [5.74, 6) is 0. The maximum atomic E-state index is 10.6. The molecule has 0 fully saturated rings. The van der Waals surface area contributed by atoms with E-state index in [4.69, 9.17) is 0 Å². The molecule has 0 aliphatic carbocycles. The third-order valence-electron chi connectivity index (χ3n) is 4.59. The summed E-state index contributed by atoms with van der Waals surface area (Å²) in [6.07, 6.45) is 6.64. The SMILES string of the molecule is CCCCCCCC(P(=O)([O-])[O-])P(=O)([O-])[O-].CCCCCCCC(P(=O)([O-])[O-])P(=O)([O-])[O-].[Zn+2]. The van der Waals surface area contributed by atoms with Crippen LogP contribution in [0.25, 0.3) is 0 Å². The average Bonchev–Trinajstić information content (AvgIpc) is 2.57. The van der Waals surface area contributed by atoms with Crippen LogP contribution in [0.3, 0.4) is 0 Å². The molecule has 0 saturated carbocycles. The third-order valence-corrected chi connectivity index (χ3v) is 11.9. The Bertz CT molecular complexity index is 581. The van der Waals surface area contributed by atoms with Gasteiger partial charge in [-0.15, -0.1) is 0 Å². The van der Waals surface area contributed by atoms with Crippen LogP contribution in [0.5, 0.6) is 0 Å². The molecule has 0 heterocycles. The largest absolute Gasteiger partial charge is 2.00 e. The van der Waals surface area contributed by atoms with E-state index in [2.05, 4.69) is 0 Å². The van der Waals surface area contributed by atoms with E-state index >= 15 is 0 Å². The van der Waals surface area contributed by atoms with Crippen molar-refractivity contribution in [2.75, 3.05) is 0 Å². The predicted octanol–water partition coefficient (Wildman–Crippen LogP) is -1.00. The molecule has 0 unspecified atom stereocenters. The van der Waals surface area contributed by atoms with Gasteiger partial charge in [-0.25, -0.2) is 0 Å². The Balaban J connectivity index is -0.000000529. The Morgan fingerprint density at radius 3 is 0.848 bits per heavy atom. The van der Waals surface area contributed by atoms with Gasteiger partial charge in [0.1, 0.15) is 0 Å². The van der Waals surface area contributed by atoms with Crippen molar-refractivity contribution in [3.05, 3.63) is 0 Å². The second kappa shape index (κ2) is 18.5. The smallest absolute Gasteiger partial charge is 0.810 e. The van der Waals surface area contributed by atoms with Crippen LogP contribution in [-0.4, -0.2) is 10.8 Å². The van der Waals surface area contributed by atoms with Gasteiger partial charge in [0.15, 0.2) is 0 Å². The zero-order valence-electron chi connectivity index (χ0n) is 19.0. The third kappa shape index (κ3) is 21.1. The second-order valence-corrected chi connectivity index (χ2v) is 15.2. The Morgan fingerprint density at radius 1 is 0.455 bits per heavy atom. The van der Waals surface area contributed by atoms with Crippen molar-refractivity contribution in [2.24, 2.45) is 0 Å². The summed E-state index contributed by atoms with van der Waals surface area (Å²) in [5, 5.41) is -4.55. The zero-order chi connectivity index (χ0) is 25.6. The molecule has 33 heavy (non-hydrogen) atoms. The molecular weight excluding hydrogens is 573 g/mol. The van der Waals surface area contributed by atoms with Crippen LogP contribution in [-0.2, 0) is 37.7 Å². The second-order valence-electron chi connectivity index (χ2n) is 7.53. The summed E-state index contributed by atoms with van der Waals surface area (Å²) in [4.78, 5) is 84.8. The molecule has 0 aliphatic rings. The molecule has 0 amide bonds. The molecule has 0 N–H and O–H groups in total. The predicted molar refractivity (Wildman–Crippen MR) is 105 cm³/mol. The summed E-state index contributed by atoms with van der Waals surface area (Å²) in [7, 11) is -21.4. The van der Waals surface area contributed by atoms with E-state index in [1.807, 2.05) is 13.8 Å². The number of hydrogen-bond donors (Lipinski definition) is 0. The van der Waals surface area contributed by atoms with Gasteiger partial charge in [-0.2, -0.15) is 0 Å². The molecule has 0 rings (SSSR count). The van der Waals surface area contributed by atoms with Crippen molar-refractivity contribution in [3.8, 4) is 0 Å². The molecule has 0 atom stereocenters. The fourth-order valence-corrected chi connectivity index (χ4v) is 7.61. The first kappa shape index (κ1) is 38.7. The molecule has 0 spiro atoms. The number of unbranched alkanes of at least 4 members (excludes halogenated alkanes) is 8. The maximum absolute atomic E-state index is 10.6. The molecule has 0 saturated heterocycles. The van der Waals surface area contributed by atoms with Gasteiger partial charge in [-0.1, -0.05) is 108 Å². The monoisotopic (exact) mass is 604 g/mol. The van der Waals surface area contributed by atoms with E-state index in [-0.39, 0.29) is 45.2 Å². The standard InChI is InChI=1S/2C8H20O6P2.Zn/c2*1-2-3-4-5-6-7-8(15(9,10)11)16(12,13)14;/h2*8H,2-7H2,1H3,(H2,9,10,11)(H2,12,13,14);/q;;+2/p-8. The van der Waals surface area contributed by atoms with Crippen molar-refractivity contribution in [3.63, 3.8) is 0 Å². The van der Waals surface area contributed by atoms with Gasteiger partial charge >= 0.3 is 19.5 Å². The first-order chi connectivity index (χ1) is 14.4. The van der Waals surface area contributed by atoms with Crippen LogP contribution in [0.15, 0.2) is 0 Å². The van der Waals surface area contributed by atoms with Crippen molar-refractivity contribution in [2.45, 2.75) is 102 Å². The van der Waals surface area contributed by atoms with E-state index in [0.29, 0.717) is 12.8 Å². The molecule has 0 bridgehead atoms. The van der Waals surface area contributed by atoms with Gasteiger partial charge in [-0.3, -0.25) is 0 Å². The van der Waals surface area contributed by atoms with Crippen LogP contribution < -0.4 is 39.1 Å². The Morgan fingerprint density at radius 2 is 0.667 bits per heavy atom. The number of hydrogen-bond acceptors (Lipinski definition) is 12. The van der Waals surface area contributed by atoms with Crippen molar-refractivity contribution < 1.29 is 76.9 Å². The average molecular weight is 606 g/mol. The van der Waals surface area contributed by atoms with E-state index in [0.717, 1.165) is 38.5 Å². The van der Waals surface area contributed by atoms with Gasteiger partial charge in [0, 0.05) is 10.8 Å². The molecular formula is C16H32O12P4Zn-6. The van der Waals surface area contributed by atoms with Crippen LogP contribution in [0, 0.1) is 0 Å². The topological polar surface area (TPSA) is 253 Å². The van der Waals surface area contributed by atoms with Gasteiger partial charge in [0.2, 0.25) is 0 Å². The van der Waals surface area contributed by atoms with E-state index in [1.165, 1.54) is 0 Å². The first-order valence-corrected chi connectivity index (χ1v) is 16.9. The molecule has 0 aliphatic heterocycles. The Hall–Kier alpha value is 1.22. The van der Waals surface area contributed by atoms with Gasteiger partial charge in [0.25, 0.3) is 0 Å². The van der Waals surface area contributed by atoms with Gasteiger partial charge in [-0.05, 0) is 12.8 Å². The minimum absolute atomic E-state index is 0.